The van der Waals surface area contributed by atoms with E-state index in [9.17, 15) is 58.2 Å². The van der Waals surface area contributed by atoms with Crippen LogP contribution in [-0.2, 0) is 59.1 Å². The number of unbranched alkanes of at least 4 members (excludes halogenated alkanes) is 3. The SMILES string of the molecule is CCOC(=O)[C@H](CCCCN)NC(=O)/C(=C/CCN=C(N)N)NC(=O)[C@H](CCCCN)NC(=O)[C@H](Cc1cnc[nH]1)NC(=O)[C@@H]1CCCN1C(=O)[C@@H](CCCN)NC(=O)CNC(=O)[C@@H](NC(=O)[C@@H](NC(=O)[C@@H](N)CCCCN)[C@@H](O)CN)[C@@H](O)CN. The van der Waals surface area contributed by atoms with Crippen molar-refractivity contribution in [2.75, 3.05) is 65.5 Å². The molecule has 9 amide bonds. The first kappa shape index (κ1) is 74.7. The lowest BCUT2D eigenvalue weighted by Crippen LogP contribution is -2.63. The van der Waals surface area contributed by atoms with Crippen LogP contribution in [0.4, 0.5) is 0 Å². The third-order valence-electron chi connectivity index (χ3n) is 13.6. The van der Waals surface area contributed by atoms with E-state index in [4.69, 9.17) is 56.3 Å². The first-order valence-corrected chi connectivity index (χ1v) is 29.0. The Morgan fingerprint density at radius 3 is 1.88 bits per heavy atom. The first-order valence-electron chi connectivity index (χ1n) is 29.0. The zero-order chi connectivity index (χ0) is 64.1. The number of aliphatic hydroxyl groups is 2. The number of esters is 1. The third kappa shape index (κ3) is 26.9. The fourth-order valence-electron chi connectivity index (χ4n) is 8.86. The van der Waals surface area contributed by atoms with E-state index >= 15 is 0 Å². The predicted molar refractivity (Wildman–Crippen MR) is 315 cm³/mol. The Hall–Kier alpha value is -7.44. The molecule has 1 aliphatic rings. The second kappa shape index (κ2) is 41.6. The maximum atomic E-state index is 14.5. The third-order valence-corrected chi connectivity index (χ3v) is 13.6. The van der Waals surface area contributed by atoms with Crippen molar-refractivity contribution in [3.8, 4) is 0 Å². The lowest BCUT2D eigenvalue weighted by molar-refractivity contribution is -0.147. The molecule has 0 unspecified atom stereocenters. The number of aromatic amines is 1. The van der Waals surface area contributed by atoms with Crippen molar-refractivity contribution >= 4 is 65.1 Å². The molecule has 29 N–H and O–H groups in total. The number of nitrogens with zero attached hydrogens (tertiary/aromatic N) is 3. The van der Waals surface area contributed by atoms with Gasteiger partial charge in [-0.3, -0.25) is 48.1 Å². The molecular formula is C52H95N21O13. The van der Waals surface area contributed by atoms with E-state index in [1.807, 2.05) is 0 Å². The molecule has 1 aliphatic heterocycles. The summed E-state index contributed by atoms with van der Waals surface area (Å²) >= 11 is 0. The summed E-state index contributed by atoms with van der Waals surface area (Å²) < 4.78 is 5.18. The molecule has 0 spiro atoms. The molecule has 2 heterocycles. The smallest absolute Gasteiger partial charge is 0.328 e. The number of carbonyl (C=O) groups excluding carboxylic acids is 10. The van der Waals surface area contributed by atoms with Gasteiger partial charge in [-0.2, -0.15) is 0 Å². The number of aliphatic hydroxyl groups excluding tert-OH is 2. The minimum absolute atomic E-state index is 0.0124. The number of aromatic nitrogens is 2. The highest BCUT2D eigenvalue weighted by atomic mass is 16.5. The lowest BCUT2D eigenvalue weighted by Gasteiger charge is -2.30. The summed E-state index contributed by atoms with van der Waals surface area (Å²) in [4.78, 5) is 150. The summed E-state index contributed by atoms with van der Waals surface area (Å²) in [6.07, 6.45) is 4.47. The number of likely N-dealkylation sites (tertiary alicyclic amines) is 1. The van der Waals surface area contributed by atoms with Gasteiger partial charge in [-0.05, 0) is 117 Å². The molecule has 10 atom stereocenters. The maximum absolute atomic E-state index is 14.5. The van der Waals surface area contributed by atoms with Crippen molar-refractivity contribution in [1.82, 2.24) is 57.4 Å². The van der Waals surface area contributed by atoms with E-state index in [-0.39, 0.29) is 95.8 Å². The quantitative estimate of drug-likeness (QED) is 0.00949. The Kier molecular flexibility index (Phi) is 36.1. The van der Waals surface area contributed by atoms with Crippen molar-refractivity contribution in [3.63, 3.8) is 0 Å². The number of H-pyrrole nitrogens is 1. The van der Waals surface area contributed by atoms with E-state index in [1.165, 1.54) is 23.5 Å². The molecule has 86 heavy (non-hydrogen) atoms. The fraction of sp³-hybridized carbons (Fsp3) is 0.692. The minimum Gasteiger partial charge on any atom is -0.464 e. The molecule has 0 bridgehead atoms. The van der Waals surface area contributed by atoms with Crippen LogP contribution in [0.2, 0.25) is 0 Å². The average molecular weight is 1220 g/mol. The number of aliphatic imine (C=N–C) groups is 1. The van der Waals surface area contributed by atoms with Crippen LogP contribution in [0.25, 0.3) is 0 Å². The molecule has 486 valence electrons. The highest BCUT2D eigenvalue weighted by Crippen LogP contribution is 2.21. The highest BCUT2D eigenvalue weighted by molar-refractivity contribution is 6.02. The molecule has 2 rings (SSSR count). The van der Waals surface area contributed by atoms with Crippen LogP contribution in [0.1, 0.15) is 103 Å². The zero-order valence-corrected chi connectivity index (χ0v) is 49.1. The number of carbonyl (C=O) groups is 10. The summed E-state index contributed by atoms with van der Waals surface area (Å²) in [5.41, 5.74) is 51.0. The van der Waals surface area contributed by atoms with Gasteiger partial charge in [0.05, 0.1) is 37.7 Å². The van der Waals surface area contributed by atoms with Crippen LogP contribution in [0.3, 0.4) is 0 Å². The second-order valence-electron chi connectivity index (χ2n) is 20.4. The van der Waals surface area contributed by atoms with Crippen LogP contribution in [-0.4, -0.2) is 216 Å². The van der Waals surface area contributed by atoms with Gasteiger partial charge in [0.25, 0.3) is 5.91 Å². The zero-order valence-electron chi connectivity index (χ0n) is 49.1. The number of amides is 9. The molecule has 0 aliphatic carbocycles. The number of hydrogen-bond acceptors (Lipinski definition) is 22. The van der Waals surface area contributed by atoms with Gasteiger partial charge >= 0.3 is 5.97 Å². The van der Waals surface area contributed by atoms with Crippen LogP contribution in [0.15, 0.2) is 29.3 Å². The van der Waals surface area contributed by atoms with Crippen LogP contribution in [0, 0.1) is 0 Å². The van der Waals surface area contributed by atoms with Gasteiger partial charge in [0.1, 0.15) is 48.0 Å². The summed E-state index contributed by atoms with van der Waals surface area (Å²) in [5.74, 6) is -8.92. The van der Waals surface area contributed by atoms with Crippen LogP contribution in [0.5, 0.6) is 0 Å². The number of nitrogens with one attached hydrogen (secondary N) is 9. The Morgan fingerprint density at radius 2 is 1.30 bits per heavy atom. The molecule has 0 aromatic carbocycles. The Bertz CT molecular complexity index is 2360. The monoisotopic (exact) mass is 1220 g/mol. The van der Waals surface area contributed by atoms with Gasteiger partial charge in [0.2, 0.25) is 47.3 Å². The Morgan fingerprint density at radius 1 is 0.709 bits per heavy atom. The van der Waals surface area contributed by atoms with Gasteiger partial charge < -0.3 is 119 Å². The first-order chi connectivity index (χ1) is 41.1. The minimum atomic E-state index is -1.84. The van der Waals surface area contributed by atoms with E-state index in [0.717, 1.165) is 0 Å². The van der Waals surface area contributed by atoms with Gasteiger partial charge in [-0.25, -0.2) is 9.78 Å². The fourth-order valence-corrected chi connectivity index (χ4v) is 8.86. The second-order valence-corrected chi connectivity index (χ2v) is 20.4. The number of rotatable bonds is 43. The molecule has 34 heteroatoms. The largest absolute Gasteiger partial charge is 0.464 e. The number of hydrogen-bond donors (Lipinski definition) is 20. The highest BCUT2D eigenvalue weighted by Gasteiger charge is 2.40. The number of guanidine groups is 1. The summed E-state index contributed by atoms with van der Waals surface area (Å²) in [5, 5.41) is 41.3. The molecule has 34 nitrogen and oxygen atoms in total. The van der Waals surface area contributed by atoms with Gasteiger partial charge in [-0.1, -0.05) is 12.5 Å². The molecule has 0 radical (unpaired) electrons. The number of imidazole rings is 1. The lowest BCUT2D eigenvalue weighted by atomic mass is 10.0. The normalized spacial score (nSPS) is 16.3. The van der Waals surface area contributed by atoms with Crippen molar-refractivity contribution in [2.45, 2.75) is 164 Å². The van der Waals surface area contributed by atoms with Crippen LogP contribution >= 0.6 is 0 Å². The molecule has 1 fully saturated rings. The summed E-state index contributed by atoms with van der Waals surface area (Å²) in [7, 11) is 0. The number of nitrogens with two attached hydrogens (primary N) is 9. The van der Waals surface area contributed by atoms with Gasteiger partial charge in [0.15, 0.2) is 5.96 Å². The van der Waals surface area contributed by atoms with Crippen molar-refractivity contribution in [2.24, 2.45) is 56.6 Å². The molecule has 1 aromatic rings. The topological polar surface area (TPSA) is 595 Å². The molecular weight excluding hydrogens is 1130 g/mol. The summed E-state index contributed by atoms with van der Waals surface area (Å²) in [6.45, 7) is 0.841. The molecule has 0 saturated carbocycles. The van der Waals surface area contributed by atoms with E-state index in [2.05, 4.69) is 57.5 Å². The molecule has 1 aromatic heterocycles. The van der Waals surface area contributed by atoms with E-state index in [0.29, 0.717) is 63.7 Å². The van der Waals surface area contributed by atoms with E-state index < -0.39 is 139 Å². The van der Waals surface area contributed by atoms with E-state index in [1.54, 1.807) is 6.92 Å². The average Bonchev–Trinajstić information content (AvgIpc) is 3.07. The van der Waals surface area contributed by atoms with Crippen molar-refractivity contribution in [1.29, 1.82) is 0 Å². The van der Waals surface area contributed by atoms with Crippen LogP contribution < -0.4 is 94.1 Å². The Balaban J connectivity index is 2.37. The standard InChI is InChI=1S/C52H95N21O13/c1-2-86-51(85)35(14-5-8-20-55)69-45(79)33(16-10-22-63-52(60)61)67-44(78)32(13-4-7-19-54)68-46(80)36(24-30-27-62-29-65-30)70-47(81)37-17-11-23-73(37)50(84)34(15-9-21-56)66-40(76)28-64-48(82)41(38(74)25-57)72-49(83)42(39(75)26-58)71-43(77)31(59)12-3-6-18-53/h16,27,29,31-32,34-39,41-42,74-75H,2-15,17-26,28,53-59H2,1H3,(H,62,65)(H,64,82)(H,66,76)(H,67,78)(H,68,80)(H,69,79)(H,70,81)(H,71,77)(H,72,83)(H4,60,61,63)/b33-16-/t31-,32-,34+,35-,36-,37-,38-,39-,41-,42-/m0/s1. The molecule has 1 saturated heterocycles. The van der Waals surface area contributed by atoms with Crippen molar-refractivity contribution in [3.05, 3.63) is 30.0 Å². The maximum Gasteiger partial charge on any atom is 0.328 e. The van der Waals surface area contributed by atoms with Gasteiger partial charge in [-0.15, -0.1) is 0 Å². The van der Waals surface area contributed by atoms with Crippen molar-refractivity contribution < 1.29 is 62.9 Å². The van der Waals surface area contributed by atoms with Gasteiger partial charge in [0, 0.05) is 44.5 Å². The predicted octanol–water partition coefficient (Wildman–Crippen LogP) is -8.71. The number of ether oxygens (including phenoxy) is 1. The summed E-state index contributed by atoms with van der Waals surface area (Å²) in [6, 6.07) is -11.0. The Labute approximate surface area is 499 Å².